The summed E-state index contributed by atoms with van der Waals surface area (Å²) in [4.78, 5) is 11.7. The lowest BCUT2D eigenvalue weighted by Crippen LogP contribution is -2.29. The molecule has 1 aliphatic heterocycles. The van der Waals surface area contributed by atoms with Crippen molar-refractivity contribution in [1.29, 1.82) is 0 Å². The summed E-state index contributed by atoms with van der Waals surface area (Å²) in [5.41, 5.74) is 1.90. The van der Waals surface area contributed by atoms with Crippen molar-refractivity contribution in [2.45, 2.75) is 44.8 Å². The average molecular weight is 277 g/mol. The van der Waals surface area contributed by atoms with E-state index < -0.39 is 6.10 Å². The fourth-order valence-electron chi connectivity index (χ4n) is 2.53. The molecule has 2 unspecified atom stereocenters. The summed E-state index contributed by atoms with van der Waals surface area (Å²) < 4.78 is 5.48. The number of hydrogen-bond acceptors (Lipinski definition) is 3. The van der Waals surface area contributed by atoms with Gasteiger partial charge in [0.2, 0.25) is 5.91 Å². The van der Waals surface area contributed by atoms with Gasteiger partial charge in [-0.3, -0.25) is 4.79 Å². The van der Waals surface area contributed by atoms with Crippen LogP contribution in [0.15, 0.2) is 24.3 Å². The number of nitrogens with one attached hydrogen (secondary N) is 1. The zero-order chi connectivity index (χ0) is 14.4. The summed E-state index contributed by atoms with van der Waals surface area (Å²) in [5, 5.41) is 12.9. The highest BCUT2D eigenvalue weighted by Gasteiger charge is 2.17. The van der Waals surface area contributed by atoms with E-state index in [-0.39, 0.29) is 18.6 Å². The summed E-state index contributed by atoms with van der Waals surface area (Å²) in [5.74, 6) is -0.0202. The van der Waals surface area contributed by atoms with Gasteiger partial charge >= 0.3 is 0 Å². The molecule has 1 heterocycles. The van der Waals surface area contributed by atoms with Crippen molar-refractivity contribution in [3.8, 4) is 0 Å². The fourth-order valence-corrected chi connectivity index (χ4v) is 2.53. The van der Waals surface area contributed by atoms with Crippen molar-refractivity contribution in [2.75, 3.05) is 13.2 Å². The number of aliphatic hydroxyl groups excluding tert-OH is 1. The lowest BCUT2D eigenvalue weighted by molar-refractivity contribution is -0.122. The average Bonchev–Trinajstić information content (AvgIpc) is 2.96. The van der Waals surface area contributed by atoms with E-state index in [9.17, 15) is 9.90 Å². The number of aryl methyl sites for hydroxylation is 1. The molecule has 2 rings (SSSR count). The number of ether oxygens (including phenoxy) is 1. The van der Waals surface area contributed by atoms with Gasteiger partial charge in [0.15, 0.2) is 0 Å². The number of carbonyl (C=O) groups is 1. The number of rotatable bonds is 6. The molecule has 0 bridgehead atoms. The van der Waals surface area contributed by atoms with Crippen LogP contribution in [0.3, 0.4) is 0 Å². The molecular weight excluding hydrogens is 254 g/mol. The van der Waals surface area contributed by atoms with Crippen LogP contribution in [0.4, 0.5) is 0 Å². The van der Waals surface area contributed by atoms with Gasteiger partial charge in [-0.25, -0.2) is 0 Å². The molecule has 1 amide bonds. The maximum Gasteiger partial charge on any atom is 0.220 e. The van der Waals surface area contributed by atoms with Gasteiger partial charge in [-0.2, -0.15) is 0 Å². The molecule has 0 aromatic heterocycles. The molecule has 2 N–H and O–H groups in total. The Labute approximate surface area is 120 Å². The monoisotopic (exact) mass is 277 g/mol. The van der Waals surface area contributed by atoms with Crippen molar-refractivity contribution in [3.05, 3.63) is 35.4 Å². The number of aliphatic hydroxyl groups is 1. The molecule has 1 aromatic rings. The van der Waals surface area contributed by atoms with E-state index >= 15 is 0 Å². The van der Waals surface area contributed by atoms with Gasteiger partial charge in [0.1, 0.15) is 0 Å². The normalized spacial score (nSPS) is 19.8. The Morgan fingerprint density at radius 1 is 1.50 bits per heavy atom. The quantitative estimate of drug-likeness (QED) is 0.837. The third-order valence-corrected chi connectivity index (χ3v) is 3.76. The predicted octanol–water partition coefficient (Wildman–Crippen LogP) is 2.10. The van der Waals surface area contributed by atoms with Crippen LogP contribution in [0.25, 0.3) is 0 Å². The van der Waals surface area contributed by atoms with Gasteiger partial charge in [-0.15, -0.1) is 0 Å². The Hall–Kier alpha value is -1.39. The van der Waals surface area contributed by atoms with Crippen LogP contribution in [0.5, 0.6) is 0 Å². The van der Waals surface area contributed by atoms with Crippen LogP contribution < -0.4 is 5.32 Å². The molecule has 0 saturated carbocycles. The molecule has 1 fully saturated rings. The van der Waals surface area contributed by atoms with Crippen LogP contribution in [-0.2, 0) is 9.53 Å². The van der Waals surface area contributed by atoms with Crippen LogP contribution in [0.2, 0.25) is 0 Å². The first-order valence-corrected chi connectivity index (χ1v) is 7.28. The van der Waals surface area contributed by atoms with E-state index in [1.807, 2.05) is 31.2 Å². The minimum atomic E-state index is -0.650. The van der Waals surface area contributed by atoms with E-state index in [0.29, 0.717) is 6.42 Å². The topological polar surface area (TPSA) is 58.6 Å². The molecule has 4 nitrogen and oxygen atoms in total. The number of amides is 1. The molecule has 0 spiro atoms. The highest BCUT2D eigenvalue weighted by Crippen LogP contribution is 2.18. The standard InChI is InChI=1S/C16H23NO3/c1-12-5-2-3-7-14(12)15(18)11-17-16(19)9-8-13-6-4-10-20-13/h2-3,5,7,13,15,18H,4,6,8-11H2,1H3,(H,17,19). The maximum atomic E-state index is 11.7. The smallest absolute Gasteiger partial charge is 0.220 e. The molecule has 1 saturated heterocycles. The van der Waals surface area contributed by atoms with Crippen molar-refractivity contribution < 1.29 is 14.6 Å². The van der Waals surface area contributed by atoms with E-state index in [1.165, 1.54) is 0 Å². The number of carbonyl (C=O) groups excluding carboxylic acids is 1. The minimum absolute atomic E-state index is 0.0202. The van der Waals surface area contributed by atoms with Gasteiger partial charge in [0.25, 0.3) is 0 Å². The van der Waals surface area contributed by atoms with Crippen LogP contribution in [0.1, 0.15) is 42.9 Å². The Morgan fingerprint density at radius 2 is 2.30 bits per heavy atom. The summed E-state index contributed by atoms with van der Waals surface area (Å²) in [6.07, 6.45) is 2.97. The number of hydrogen-bond donors (Lipinski definition) is 2. The van der Waals surface area contributed by atoms with Crippen LogP contribution in [-0.4, -0.2) is 30.3 Å². The molecule has 1 aliphatic rings. The Morgan fingerprint density at radius 3 is 3.00 bits per heavy atom. The second kappa shape index (κ2) is 7.41. The largest absolute Gasteiger partial charge is 0.387 e. The first kappa shape index (κ1) is 15.0. The van der Waals surface area contributed by atoms with Gasteiger partial charge in [0, 0.05) is 19.6 Å². The highest BCUT2D eigenvalue weighted by molar-refractivity contribution is 5.75. The minimum Gasteiger partial charge on any atom is -0.387 e. The molecule has 0 aliphatic carbocycles. The predicted molar refractivity (Wildman–Crippen MR) is 77.4 cm³/mol. The van der Waals surface area contributed by atoms with Crippen LogP contribution in [0, 0.1) is 6.92 Å². The van der Waals surface area contributed by atoms with E-state index in [0.717, 1.165) is 37.0 Å². The Kier molecular flexibility index (Phi) is 5.56. The lowest BCUT2D eigenvalue weighted by Gasteiger charge is -2.15. The van der Waals surface area contributed by atoms with Crippen LogP contribution >= 0.6 is 0 Å². The molecule has 0 radical (unpaired) electrons. The summed E-state index contributed by atoms with van der Waals surface area (Å²) in [7, 11) is 0. The number of benzene rings is 1. The summed E-state index contributed by atoms with van der Waals surface area (Å²) in [6.45, 7) is 3.03. The lowest BCUT2D eigenvalue weighted by atomic mass is 10.0. The molecule has 2 atom stereocenters. The summed E-state index contributed by atoms with van der Waals surface area (Å²) in [6, 6.07) is 7.67. The van der Waals surface area contributed by atoms with E-state index in [1.54, 1.807) is 0 Å². The van der Waals surface area contributed by atoms with E-state index in [2.05, 4.69) is 5.32 Å². The first-order valence-electron chi connectivity index (χ1n) is 7.28. The second-order valence-corrected chi connectivity index (χ2v) is 5.35. The SMILES string of the molecule is Cc1ccccc1C(O)CNC(=O)CCC1CCCO1. The van der Waals surface area contributed by atoms with Gasteiger partial charge in [0.05, 0.1) is 12.2 Å². The Balaban J connectivity index is 1.71. The maximum absolute atomic E-state index is 11.7. The third-order valence-electron chi connectivity index (χ3n) is 3.76. The fraction of sp³-hybridized carbons (Fsp3) is 0.562. The molecule has 20 heavy (non-hydrogen) atoms. The van der Waals surface area contributed by atoms with Gasteiger partial charge in [-0.05, 0) is 37.3 Å². The molecule has 1 aromatic carbocycles. The van der Waals surface area contributed by atoms with Gasteiger partial charge in [-0.1, -0.05) is 24.3 Å². The highest BCUT2D eigenvalue weighted by atomic mass is 16.5. The zero-order valence-corrected chi connectivity index (χ0v) is 12.0. The van der Waals surface area contributed by atoms with Crippen molar-refractivity contribution in [2.24, 2.45) is 0 Å². The molecule has 110 valence electrons. The van der Waals surface area contributed by atoms with Gasteiger partial charge < -0.3 is 15.2 Å². The Bertz CT molecular complexity index is 441. The first-order chi connectivity index (χ1) is 9.66. The van der Waals surface area contributed by atoms with Crippen molar-refractivity contribution >= 4 is 5.91 Å². The third kappa shape index (κ3) is 4.32. The molecule has 4 heteroatoms. The van der Waals surface area contributed by atoms with E-state index in [4.69, 9.17) is 4.74 Å². The molecular formula is C16H23NO3. The summed E-state index contributed by atoms with van der Waals surface area (Å²) >= 11 is 0. The van der Waals surface area contributed by atoms with Crippen molar-refractivity contribution in [3.63, 3.8) is 0 Å². The zero-order valence-electron chi connectivity index (χ0n) is 12.0. The second-order valence-electron chi connectivity index (χ2n) is 5.35. The van der Waals surface area contributed by atoms with Crippen molar-refractivity contribution in [1.82, 2.24) is 5.32 Å².